The topological polar surface area (TPSA) is 26.3 Å². The molecule has 1 aromatic rings. The molecular formula is C12H14O2. The molecule has 0 amide bonds. The standard InChI is InChI=1S/C12H14O2/c13-8-2-6-10-4-1-5-11-7-3-9-14-12(10)11/h1,4-5,8H,2-3,6-7,9H2. The Morgan fingerprint density at radius 2 is 2.36 bits per heavy atom. The number of para-hydroxylation sites is 1. The van der Waals surface area contributed by atoms with E-state index < -0.39 is 0 Å². The van der Waals surface area contributed by atoms with Gasteiger partial charge in [-0.25, -0.2) is 0 Å². The van der Waals surface area contributed by atoms with Crippen LogP contribution in [0.3, 0.4) is 0 Å². The number of carbonyl (C=O) groups excluding carboxylic acids is 1. The second-order valence-corrected chi connectivity index (χ2v) is 3.56. The van der Waals surface area contributed by atoms with E-state index in [0.717, 1.165) is 37.9 Å². The average Bonchev–Trinajstić information content (AvgIpc) is 2.26. The predicted octanol–water partition coefficient (Wildman–Crippen LogP) is 2.14. The zero-order valence-corrected chi connectivity index (χ0v) is 8.16. The SMILES string of the molecule is O=CCCc1cccc2c1OCCC2. The number of hydrogen-bond acceptors (Lipinski definition) is 2. The molecule has 0 aromatic heterocycles. The van der Waals surface area contributed by atoms with Gasteiger partial charge in [-0.2, -0.15) is 0 Å². The molecule has 0 spiro atoms. The van der Waals surface area contributed by atoms with Crippen LogP contribution in [0.2, 0.25) is 0 Å². The first-order chi connectivity index (χ1) is 6.92. The van der Waals surface area contributed by atoms with Crippen LogP contribution in [0.5, 0.6) is 5.75 Å². The third-order valence-corrected chi connectivity index (χ3v) is 2.55. The predicted molar refractivity (Wildman–Crippen MR) is 54.6 cm³/mol. The minimum Gasteiger partial charge on any atom is -0.493 e. The van der Waals surface area contributed by atoms with Crippen LogP contribution in [-0.4, -0.2) is 12.9 Å². The number of ether oxygens (including phenoxy) is 1. The lowest BCUT2D eigenvalue weighted by Gasteiger charge is -2.19. The third kappa shape index (κ3) is 1.79. The van der Waals surface area contributed by atoms with Crippen LogP contribution in [0.1, 0.15) is 24.0 Å². The van der Waals surface area contributed by atoms with Crippen LogP contribution in [-0.2, 0) is 17.6 Å². The summed E-state index contributed by atoms with van der Waals surface area (Å²) in [6, 6.07) is 6.21. The molecule has 14 heavy (non-hydrogen) atoms. The van der Waals surface area contributed by atoms with Crippen molar-refractivity contribution in [3.05, 3.63) is 29.3 Å². The van der Waals surface area contributed by atoms with Gasteiger partial charge in [-0.15, -0.1) is 0 Å². The summed E-state index contributed by atoms with van der Waals surface area (Å²) >= 11 is 0. The van der Waals surface area contributed by atoms with Crippen LogP contribution in [0, 0.1) is 0 Å². The summed E-state index contributed by atoms with van der Waals surface area (Å²) in [7, 11) is 0. The highest BCUT2D eigenvalue weighted by Crippen LogP contribution is 2.29. The Bertz CT molecular complexity index is 331. The minimum atomic E-state index is 0.583. The smallest absolute Gasteiger partial charge is 0.125 e. The number of aryl methyl sites for hydroxylation is 2. The highest BCUT2D eigenvalue weighted by Gasteiger charge is 2.13. The second-order valence-electron chi connectivity index (χ2n) is 3.56. The Balaban J connectivity index is 2.25. The van der Waals surface area contributed by atoms with Crippen LogP contribution >= 0.6 is 0 Å². The number of carbonyl (C=O) groups is 1. The van der Waals surface area contributed by atoms with Gasteiger partial charge >= 0.3 is 0 Å². The zero-order valence-electron chi connectivity index (χ0n) is 8.16. The van der Waals surface area contributed by atoms with Crippen molar-refractivity contribution in [2.45, 2.75) is 25.7 Å². The fraction of sp³-hybridized carbons (Fsp3) is 0.417. The van der Waals surface area contributed by atoms with Crippen LogP contribution in [0.25, 0.3) is 0 Å². The Kier molecular flexibility index (Phi) is 2.82. The summed E-state index contributed by atoms with van der Waals surface area (Å²) in [4.78, 5) is 10.3. The highest BCUT2D eigenvalue weighted by atomic mass is 16.5. The van der Waals surface area contributed by atoms with E-state index in [9.17, 15) is 4.79 Å². The quantitative estimate of drug-likeness (QED) is 0.682. The molecule has 1 heterocycles. The Labute approximate surface area is 83.9 Å². The van der Waals surface area contributed by atoms with E-state index in [1.54, 1.807) is 0 Å². The van der Waals surface area contributed by atoms with Gasteiger partial charge in [-0.1, -0.05) is 18.2 Å². The van der Waals surface area contributed by atoms with E-state index in [4.69, 9.17) is 4.74 Å². The van der Waals surface area contributed by atoms with Crippen LogP contribution < -0.4 is 4.74 Å². The number of rotatable bonds is 3. The number of fused-ring (bicyclic) bond motifs is 1. The number of hydrogen-bond donors (Lipinski definition) is 0. The Morgan fingerprint density at radius 3 is 3.21 bits per heavy atom. The molecule has 0 saturated heterocycles. The van der Waals surface area contributed by atoms with Gasteiger partial charge in [0.15, 0.2) is 0 Å². The summed E-state index contributed by atoms with van der Waals surface area (Å²) in [6.45, 7) is 0.811. The Morgan fingerprint density at radius 1 is 1.43 bits per heavy atom. The maximum absolute atomic E-state index is 10.3. The van der Waals surface area contributed by atoms with Gasteiger partial charge in [0.2, 0.25) is 0 Å². The van der Waals surface area contributed by atoms with Crippen molar-refractivity contribution in [1.82, 2.24) is 0 Å². The van der Waals surface area contributed by atoms with Crippen molar-refractivity contribution in [2.24, 2.45) is 0 Å². The first-order valence-electron chi connectivity index (χ1n) is 5.09. The average molecular weight is 190 g/mol. The molecule has 0 saturated carbocycles. The molecule has 1 aliphatic rings. The largest absolute Gasteiger partial charge is 0.493 e. The second kappa shape index (κ2) is 4.27. The fourth-order valence-corrected chi connectivity index (χ4v) is 1.87. The lowest BCUT2D eigenvalue weighted by molar-refractivity contribution is -0.107. The molecule has 0 atom stereocenters. The summed E-state index contributed by atoms with van der Waals surface area (Å²) in [6.07, 6.45) is 4.54. The number of aldehydes is 1. The number of benzene rings is 1. The van der Waals surface area contributed by atoms with Gasteiger partial charge in [0, 0.05) is 6.42 Å². The summed E-state index contributed by atoms with van der Waals surface area (Å²) in [5.74, 6) is 1.03. The molecule has 0 aliphatic carbocycles. The highest BCUT2D eigenvalue weighted by molar-refractivity contribution is 5.52. The first-order valence-corrected chi connectivity index (χ1v) is 5.09. The molecule has 2 rings (SSSR count). The van der Waals surface area contributed by atoms with E-state index in [1.807, 2.05) is 12.1 Å². The van der Waals surface area contributed by atoms with Gasteiger partial charge in [0.05, 0.1) is 6.61 Å². The first kappa shape index (κ1) is 9.25. The van der Waals surface area contributed by atoms with E-state index in [0.29, 0.717) is 6.42 Å². The molecule has 2 nitrogen and oxygen atoms in total. The molecule has 0 fully saturated rings. The van der Waals surface area contributed by atoms with Crippen molar-refractivity contribution >= 4 is 6.29 Å². The lowest BCUT2D eigenvalue weighted by atomic mass is 10.00. The van der Waals surface area contributed by atoms with Gasteiger partial charge in [0.1, 0.15) is 12.0 Å². The molecule has 0 unspecified atom stereocenters. The monoisotopic (exact) mass is 190 g/mol. The molecule has 0 bridgehead atoms. The maximum atomic E-state index is 10.3. The molecular weight excluding hydrogens is 176 g/mol. The summed E-state index contributed by atoms with van der Waals surface area (Å²) in [5.41, 5.74) is 2.47. The zero-order chi connectivity index (χ0) is 9.80. The van der Waals surface area contributed by atoms with Crippen LogP contribution in [0.4, 0.5) is 0 Å². The normalized spacial score (nSPS) is 14.3. The van der Waals surface area contributed by atoms with E-state index in [1.165, 1.54) is 11.1 Å². The Hall–Kier alpha value is -1.31. The van der Waals surface area contributed by atoms with E-state index in [-0.39, 0.29) is 0 Å². The molecule has 74 valence electrons. The fourth-order valence-electron chi connectivity index (χ4n) is 1.87. The van der Waals surface area contributed by atoms with Gasteiger partial charge < -0.3 is 9.53 Å². The third-order valence-electron chi connectivity index (χ3n) is 2.55. The van der Waals surface area contributed by atoms with Crippen molar-refractivity contribution in [3.63, 3.8) is 0 Å². The van der Waals surface area contributed by atoms with Crippen molar-refractivity contribution < 1.29 is 9.53 Å². The van der Waals surface area contributed by atoms with Gasteiger partial charge in [-0.05, 0) is 30.4 Å². The summed E-state index contributed by atoms with van der Waals surface area (Å²) < 4.78 is 5.64. The molecule has 1 aliphatic heterocycles. The van der Waals surface area contributed by atoms with Crippen LogP contribution in [0.15, 0.2) is 18.2 Å². The summed E-state index contributed by atoms with van der Waals surface area (Å²) in [5, 5.41) is 0. The van der Waals surface area contributed by atoms with Gasteiger partial charge in [0.25, 0.3) is 0 Å². The van der Waals surface area contributed by atoms with Crippen molar-refractivity contribution in [3.8, 4) is 5.75 Å². The van der Waals surface area contributed by atoms with Crippen molar-refractivity contribution in [2.75, 3.05) is 6.61 Å². The van der Waals surface area contributed by atoms with Gasteiger partial charge in [-0.3, -0.25) is 0 Å². The molecule has 0 radical (unpaired) electrons. The van der Waals surface area contributed by atoms with Crippen molar-refractivity contribution in [1.29, 1.82) is 0 Å². The maximum Gasteiger partial charge on any atom is 0.125 e. The van der Waals surface area contributed by atoms with E-state index in [2.05, 4.69) is 6.07 Å². The molecule has 2 heteroatoms. The molecule has 0 N–H and O–H groups in total. The lowest BCUT2D eigenvalue weighted by Crippen LogP contribution is -2.10. The minimum absolute atomic E-state index is 0.583. The van der Waals surface area contributed by atoms with E-state index >= 15 is 0 Å². The molecule has 1 aromatic carbocycles.